The van der Waals surface area contributed by atoms with E-state index in [1.54, 1.807) is 25.3 Å². The largest absolute Gasteiger partial charge is 0.507 e. The van der Waals surface area contributed by atoms with Crippen LogP contribution >= 0.6 is 39.9 Å². The Morgan fingerprint density at radius 2 is 2.20 bits per heavy atom. The maximum absolute atomic E-state index is 11.9. The molecule has 0 aliphatic carbocycles. The minimum absolute atomic E-state index is 0.0915. The van der Waals surface area contributed by atoms with E-state index in [2.05, 4.69) is 15.9 Å². The van der Waals surface area contributed by atoms with Gasteiger partial charge in [-0.05, 0) is 42.8 Å². The van der Waals surface area contributed by atoms with Crippen LogP contribution in [0.2, 0.25) is 0 Å². The zero-order valence-electron chi connectivity index (χ0n) is 10.9. The van der Waals surface area contributed by atoms with E-state index in [0.29, 0.717) is 14.8 Å². The monoisotopic (exact) mass is 369 g/mol. The summed E-state index contributed by atoms with van der Waals surface area (Å²) in [6, 6.07) is 5.21. The average molecular weight is 370 g/mol. The Bertz CT molecular complexity index is 653. The molecule has 1 aliphatic rings. The Morgan fingerprint density at radius 1 is 1.50 bits per heavy atom. The van der Waals surface area contributed by atoms with Crippen molar-refractivity contribution in [3.05, 3.63) is 44.8 Å². The number of halogens is 1. The number of likely N-dealkylation sites (N-methyl/N-ethyl adjacent to an activating group) is 1. The summed E-state index contributed by atoms with van der Waals surface area (Å²) in [5.74, 6) is 0.107. The molecule has 0 saturated carbocycles. The van der Waals surface area contributed by atoms with E-state index in [1.807, 2.05) is 19.1 Å². The van der Waals surface area contributed by atoms with E-state index >= 15 is 0 Å². The van der Waals surface area contributed by atoms with Gasteiger partial charge in [0, 0.05) is 17.1 Å². The van der Waals surface area contributed by atoms with Crippen molar-refractivity contribution in [1.29, 1.82) is 0 Å². The highest BCUT2D eigenvalue weighted by molar-refractivity contribution is 9.10. The van der Waals surface area contributed by atoms with Gasteiger partial charge in [-0.2, -0.15) is 0 Å². The molecule has 0 bridgehead atoms. The fourth-order valence-electron chi connectivity index (χ4n) is 1.68. The molecule has 1 saturated heterocycles. The van der Waals surface area contributed by atoms with Gasteiger partial charge in [0.15, 0.2) is 0 Å². The summed E-state index contributed by atoms with van der Waals surface area (Å²) in [6.45, 7) is 1.88. The van der Waals surface area contributed by atoms with Crippen LogP contribution in [0.1, 0.15) is 12.5 Å². The van der Waals surface area contributed by atoms with Gasteiger partial charge in [0.2, 0.25) is 0 Å². The Balaban J connectivity index is 2.30. The van der Waals surface area contributed by atoms with Gasteiger partial charge in [-0.3, -0.25) is 9.69 Å². The zero-order chi connectivity index (χ0) is 14.9. The van der Waals surface area contributed by atoms with E-state index < -0.39 is 0 Å². The van der Waals surface area contributed by atoms with Crippen molar-refractivity contribution in [1.82, 2.24) is 4.90 Å². The summed E-state index contributed by atoms with van der Waals surface area (Å²) in [4.78, 5) is 13.9. The summed E-state index contributed by atoms with van der Waals surface area (Å²) >= 11 is 9.72. The number of carbonyl (C=O) groups excluding carboxylic acids is 1. The number of thiocarbonyl (C=S) groups is 1. The number of amides is 1. The molecule has 1 amide bonds. The van der Waals surface area contributed by atoms with Crippen LogP contribution in [0.15, 0.2) is 39.2 Å². The first-order chi connectivity index (χ1) is 9.38. The molecule has 1 aromatic rings. The number of hydrogen-bond acceptors (Lipinski definition) is 4. The highest BCUT2D eigenvalue weighted by atomic mass is 79.9. The molecular formula is C14H12BrNO2S2. The van der Waals surface area contributed by atoms with E-state index in [9.17, 15) is 9.90 Å². The van der Waals surface area contributed by atoms with Crippen LogP contribution in [0.3, 0.4) is 0 Å². The van der Waals surface area contributed by atoms with Crippen molar-refractivity contribution in [3.8, 4) is 5.75 Å². The summed E-state index contributed by atoms with van der Waals surface area (Å²) in [5, 5.41) is 9.79. The van der Waals surface area contributed by atoms with Crippen LogP contribution < -0.4 is 0 Å². The molecule has 3 nitrogen and oxygen atoms in total. The van der Waals surface area contributed by atoms with Gasteiger partial charge in [-0.1, -0.05) is 39.9 Å². The third-order valence-electron chi connectivity index (χ3n) is 2.72. The molecule has 1 aromatic carbocycles. The molecule has 0 radical (unpaired) electrons. The van der Waals surface area contributed by atoms with Gasteiger partial charge in [-0.15, -0.1) is 0 Å². The van der Waals surface area contributed by atoms with Gasteiger partial charge < -0.3 is 5.11 Å². The zero-order valence-corrected chi connectivity index (χ0v) is 14.1. The van der Waals surface area contributed by atoms with Crippen LogP contribution in [0, 0.1) is 0 Å². The van der Waals surface area contributed by atoms with E-state index in [1.165, 1.54) is 16.7 Å². The maximum atomic E-state index is 11.9. The number of phenols is 1. The fourth-order valence-corrected chi connectivity index (χ4v) is 3.29. The van der Waals surface area contributed by atoms with Gasteiger partial charge in [0.25, 0.3) is 5.91 Å². The van der Waals surface area contributed by atoms with E-state index in [4.69, 9.17) is 12.2 Å². The number of aromatic hydroxyl groups is 1. The predicted molar refractivity (Wildman–Crippen MR) is 90.5 cm³/mol. The Kier molecular flexibility index (Phi) is 4.67. The lowest BCUT2D eigenvalue weighted by Crippen LogP contribution is -2.22. The number of hydrogen-bond donors (Lipinski definition) is 1. The van der Waals surface area contributed by atoms with Gasteiger partial charge in [-0.25, -0.2) is 0 Å². The molecular weight excluding hydrogens is 358 g/mol. The van der Waals surface area contributed by atoms with Crippen LogP contribution in [-0.2, 0) is 4.79 Å². The summed E-state index contributed by atoms with van der Waals surface area (Å²) in [5.41, 5.74) is 1.56. The fraction of sp³-hybridized carbons (Fsp3) is 0.143. The molecule has 1 heterocycles. The predicted octanol–water partition coefficient (Wildman–Crippen LogP) is 3.93. The number of thioether (sulfide) groups is 1. The minimum Gasteiger partial charge on any atom is -0.507 e. The van der Waals surface area contributed by atoms with E-state index in [0.717, 1.165) is 10.0 Å². The highest BCUT2D eigenvalue weighted by Crippen LogP contribution is 2.31. The summed E-state index contributed by atoms with van der Waals surface area (Å²) in [7, 11) is 1.66. The lowest BCUT2D eigenvalue weighted by Gasteiger charge is -2.03. The molecule has 104 valence electrons. The molecule has 1 aliphatic heterocycles. The van der Waals surface area contributed by atoms with Crippen molar-refractivity contribution < 1.29 is 9.90 Å². The van der Waals surface area contributed by atoms with Gasteiger partial charge in [0.05, 0.1) is 4.91 Å². The van der Waals surface area contributed by atoms with Crippen molar-refractivity contribution in [2.24, 2.45) is 0 Å². The van der Waals surface area contributed by atoms with Crippen molar-refractivity contribution >= 4 is 56.2 Å². The second-order valence-electron chi connectivity index (χ2n) is 4.33. The highest BCUT2D eigenvalue weighted by Gasteiger charge is 2.28. The van der Waals surface area contributed by atoms with E-state index in [-0.39, 0.29) is 11.7 Å². The third-order valence-corrected chi connectivity index (χ3v) is 4.70. The lowest BCUT2D eigenvalue weighted by atomic mass is 10.1. The van der Waals surface area contributed by atoms with Gasteiger partial charge >= 0.3 is 0 Å². The number of allylic oxidation sites excluding steroid dienone is 2. The number of nitrogens with zero attached hydrogens (tertiary/aromatic N) is 1. The molecule has 1 fully saturated rings. The quantitative estimate of drug-likeness (QED) is 0.633. The maximum Gasteiger partial charge on any atom is 0.265 e. The van der Waals surface area contributed by atoms with Gasteiger partial charge in [0.1, 0.15) is 10.1 Å². The molecule has 0 spiro atoms. The molecule has 1 N–H and O–H groups in total. The number of rotatable bonds is 2. The Morgan fingerprint density at radius 3 is 2.80 bits per heavy atom. The second-order valence-corrected chi connectivity index (χ2v) is 6.92. The Labute approximate surface area is 135 Å². The van der Waals surface area contributed by atoms with Crippen LogP contribution in [-0.4, -0.2) is 27.3 Å². The molecule has 0 aromatic heterocycles. The first-order valence-electron chi connectivity index (χ1n) is 5.77. The van der Waals surface area contributed by atoms with Crippen molar-refractivity contribution in [3.63, 3.8) is 0 Å². The second kappa shape index (κ2) is 6.11. The molecule has 20 heavy (non-hydrogen) atoms. The first-order valence-corrected chi connectivity index (χ1v) is 7.78. The number of carbonyl (C=O) groups is 1. The van der Waals surface area contributed by atoms with Crippen molar-refractivity contribution in [2.45, 2.75) is 6.92 Å². The first kappa shape index (κ1) is 15.3. The average Bonchev–Trinajstić information content (AvgIpc) is 2.61. The molecule has 2 rings (SSSR count). The normalized spacial score (nSPS) is 18.2. The lowest BCUT2D eigenvalue weighted by molar-refractivity contribution is -0.121. The third kappa shape index (κ3) is 3.31. The van der Waals surface area contributed by atoms with Crippen LogP contribution in [0.25, 0.3) is 6.08 Å². The Hall–Kier alpha value is -1.11. The topological polar surface area (TPSA) is 40.5 Å². The number of phenolic OH excluding ortho intramolecular Hbond substituents is 1. The van der Waals surface area contributed by atoms with Crippen molar-refractivity contribution in [2.75, 3.05) is 7.05 Å². The summed E-state index contributed by atoms with van der Waals surface area (Å²) < 4.78 is 1.44. The van der Waals surface area contributed by atoms with Crippen LogP contribution in [0.4, 0.5) is 0 Å². The molecule has 0 unspecified atom stereocenters. The smallest absolute Gasteiger partial charge is 0.265 e. The molecule has 0 atom stereocenters. The standard InChI is InChI=1S/C14H12BrNO2S2/c1-8(5-9-7-10(15)3-4-11(9)17)6-12-13(18)16(2)14(19)20-12/h3-7,17H,1-2H3/b8-5+,12-6+. The minimum atomic E-state index is -0.0915. The summed E-state index contributed by atoms with van der Waals surface area (Å²) in [6.07, 6.45) is 3.60. The SMILES string of the molecule is CC(=C\c1cc(Br)ccc1O)/C=C1/SC(=S)N(C)C1=O. The molecule has 6 heteroatoms. The number of benzene rings is 1. The van der Waals surface area contributed by atoms with Crippen LogP contribution in [0.5, 0.6) is 5.75 Å².